The Morgan fingerprint density at radius 2 is 1.86 bits per heavy atom. The molecule has 2 aromatic carbocycles. The number of methoxy groups -OCH3 is 1. The van der Waals surface area contributed by atoms with Crippen molar-refractivity contribution in [3.8, 4) is 5.75 Å². The molecule has 0 radical (unpaired) electrons. The number of benzene rings is 2. The van der Waals surface area contributed by atoms with Crippen LogP contribution in [-0.2, 0) is 4.79 Å². The molecule has 0 aliphatic carbocycles. The number of amides is 2. The third-order valence-electron chi connectivity index (χ3n) is 3.79. The van der Waals surface area contributed by atoms with E-state index in [2.05, 4.69) is 15.6 Å². The van der Waals surface area contributed by atoms with Crippen molar-refractivity contribution in [2.75, 3.05) is 17.7 Å². The van der Waals surface area contributed by atoms with Gasteiger partial charge in [0.1, 0.15) is 10.6 Å². The molecule has 0 fully saturated rings. The van der Waals surface area contributed by atoms with Gasteiger partial charge >= 0.3 is 0 Å². The van der Waals surface area contributed by atoms with Crippen LogP contribution in [0.1, 0.15) is 20.9 Å². The molecule has 3 aromatic rings. The zero-order chi connectivity index (χ0) is 19.9. The highest BCUT2D eigenvalue weighted by atomic mass is 32.1. The lowest BCUT2D eigenvalue weighted by atomic mass is 10.2. The maximum atomic E-state index is 12.5. The normalized spacial score (nSPS) is 10.6. The van der Waals surface area contributed by atoms with Crippen LogP contribution in [0.3, 0.4) is 0 Å². The number of thiazole rings is 1. The molecule has 1 heterocycles. The zero-order valence-corrected chi connectivity index (χ0v) is 16.2. The van der Waals surface area contributed by atoms with Crippen molar-refractivity contribution in [3.63, 3.8) is 0 Å². The SMILES string of the molecule is COc1cccc(NC(=O)c2sc(NC(=O)C=Cc3ccccc3)nc2C)c1. The molecule has 7 heteroatoms. The fourth-order valence-electron chi connectivity index (χ4n) is 2.43. The largest absolute Gasteiger partial charge is 0.497 e. The Morgan fingerprint density at radius 1 is 1.07 bits per heavy atom. The van der Waals surface area contributed by atoms with Gasteiger partial charge in [0, 0.05) is 17.8 Å². The van der Waals surface area contributed by atoms with Crippen molar-refractivity contribution in [2.45, 2.75) is 6.92 Å². The van der Waals surface area contributed by atoms with Crippen LogP contribution in [0, 0.1) is 6.92 Å². The lowest BCUT2D eigenvalue weighted by Gasteiger charge is -2.06. The number of nitrogens with zero attached hydrogens (tertiary/aromatic N) is 1. The summed E-state index contributed by atoms with van der Waals surface area (Å²) >= 11 is 1.13. The molecule has 6 nitrogen and oxygen atoms in total. The van der Waals surface area contributed by atoms with Crippen LogP contribution in [0.2, 0.25) is 0 Å². The van der Waals surface area contributed by atoms with E-state index in [9.17, 15) is 9.59 Å². The molecular formula is C21H19N3O3S. The number of carbonyl (C=O) groups is 2. The van der Waals surface area contributed by atoms with E-state index in [-0.39, 0.29) is 11.8 Å². The van der Waals surface area contributed by atoms with Gasteiger partial charge in [-0.15, -0.1) is 0 Å². The second kappa shape index (κ2) is 8.96. The van der Waals surface area contributed by atoms with Crippen LogP contribution < -0.4 is 15.4 Å². The van der Waals surface area contributed by atoms with E-state index in [1.807, 2.05) is 30.3 Å². The number of rotatable bonds is 6. The molecule has 2 N–H and O–H groups in total. The van der Waals surface area contributed by atoms with E-state index >= 15 is 0 Å². The van der Waals surface area contributed by atoms with Gasteiger partial charge in [0.15, 0.2) is 5.13 Å². The molecule has 0 bridgehead atoms. The molecule has 142 valence electrons. The van der Waals surface area contributed by atoms with Crippen LogP contribution in [-0.4, -0.2) is 23.9 Å². The van der Waals surface area contributed by atoms with Crippen molar-refractivity contribution in [2.24, 2.45) is 0 Å². The van der Waals surface area contributed by atoms with Crippen LogP contribution in [0.4, 0.5) is 10.8 Å². The van der Waals surface area contributed by atoms with E-state index in [1.54, 1.807) is 44.4 Å². The molecule has 2 amide bonds. The minimum absolute atomic E-state index is 0.288. The molecule has 0 aliphatic rings. The first-order valence-corrected chi connectivity index (χ1v) is 9.34. The molecule has 0 aliphatic heterocycles. The average molecular weight is 393 g/mol. The van der Waals surface area contributed by atoms with Crippen LogP contribution >= 0.6 is 11.3 Å². The summed E-state index contributed by atoms with van der Waals surface area (Å²) in [5.74, 6) is 0.0536. The van der Waals surface area contributed by atoms with Gasteiger partial charge in [-0.05, 0) is 30.7 Å². The minimum Gasteiger partial charge on any atom is -0.497 e. The van der Waals surface area contributed by atoms with E-state index in [0.717, 1.165) is 16.9 Å². The smallest absolute Gasteiger partial charge is 0.267 e. The van der Waals surface area contributed by atoms with Gasteiger partial charge in [-0.2, -0.15) is 0 Å². The monoisotopic (exact) mass is 393 g/mol. The minimum atomic E-state index is -0.308. The van der Waals surface area contributed by atoms with Gasteiger partial charge in [0.05, 0.1) is 12.8 Å². The van der Waals surface area contributed by atoms with E-state index < -0.39 is 0 Å². The number of nitrogens with one attached hydrogen (secondary N) is 2. The molecule has 28 heavy (non-hydrogen) atoms. The average Bonchev–Trinajstić information content (AvgIpc) is 3.07. The standard InChI is InChI=1S/C21H19N3O3S/c1-14-19(20(26)23-16-9-6-10-17(13-16)27-2)28-21(22-14)24-18(25)12-11-15-7-4-3-5-8-15/h3-13H,1-2H3,(H,23,26)(H,22,24,25). The summed E-state index contributed by atoms with van der Waals surface area (Å²) in [4.78, 5) is 29.3. The van der Waals surface area contributed by atoms with Crippen molar-refractivity contribution in [3.05, 3.63) is 76.8 Å². The molecule has 3 rings (SSSR count). The number of hydrogen-bond acceptors (Lipinski definition) is 5. The number of hydrogen-bond donors (Lipinski definition) is 2. The predicted octanol–water partition coefficient (Wildman–Crippen LogP) is 4.36. The Hall–Kier alpha value is -3.45. The summed E-state index contributed by atoms with van der Waals surface area (Å²) in [6, 6.07) is 16.6. The van der Waals surface area contributed by atoms with Gasteiger partial charge < -0.3 is 10.1 Å². The van der Waals surface area contributed by atoms with E-state index in [4.69, 9.17) is 4.74 Å². The van der Waals surface area contributed by atoms with Gasteiger partial charge in [0.2, 0.25) is 5.91 Å². The highest BCUT2D eigenvalue weighted by Crippen LogP contribution is 2.24. The second-order valence-electron chi connectivity index (χ2n) is 5.85. The Labute approximate surface area is 166 Å². The Kier molecular flexibility index (Phi) is 6.18. The van der Waals surface area contributed by atoms with Crippen LogP contribution in [0.15, 0.2) is 60.7 Å². The molecule has 0 atom stereocenters. The van der Waals surface area contributed by atoms with Crippen molar-refractivity contribution >= 4 is 40.0 Å². The predicted molar refractivity (Wildman–Crippen MR) is 112 cm³/mol. The second-order valence-corrected chi connectivity index (χ2v) is 6.85. The van der Waals surface area contributed by atoms with E-state index in [1.165, 1.54) is 6.08 Å². The molecule has 0 saturated heterocycles. The summed E-state index contributed by atoms with van der Waals surface area (Å²) in [5, 5.41) is 5.88. The van der Waals surface area contributed by atoms with Crippen molar-refractivity contribution in [1.29, 1.82) is 0 Å². The molecule has 0 spiro atoms. The topological polar surface area (TPSA) is 80.3 Å². The number of aryl methyl sites for hydroxylation is 1. The lowest BCUT2D eigenvalue weighted by Crippen LogP contribution is -2.11. The van der Waals surface area contributed by atoms with Crippen LogP contribution in [0.25, 0.3) is 6.08 Å². The molecule has 1 aromatic heterocycles. The Bertz CT molecular complexity index is 1010. The first kappa shape index (κ1) is 19.3. The zero-order valence-electron chi connectivity index (χ0n) is 15.4. The summed E-state index contributed by atoms with van der Waals surface area (Å²) in [6.45, 7) is 1.73. The summed E-state index contributed by atoms with van der Waals surface area (Å²) in [5.41, 5.74) is 2.09. The number of aromatic nitrogens is 1. The maximum absolute atomic E-state index is 12.5. The molecule has 0 unspecified atom stereocenters. The van der Waals surface area contributed by atoms with Crippen molar-refractivity contribution < 1.29 is 14.3 Å². The summed E-state index contributed by atoms with van der Waals surface area (Å²) < 4.78 is 5.15. The fourth-order valence-corrected chi connectivity index (χ4v) is 3.30. The number of ether oxygens (including phenoxy) is 1. The Morgan fingerprint density at radius 3 is 2.61 bits per heavy atom. The summed E-state index contributed by atoms with van der Waals surface area (Å²) in [7, 11) is 1.56. The van der Waals surface area contributed by atoms with Crippen LogP contribution in [0.5, 0.6) is 5.75 Å². The van der Waals surface area contributed by atoms with Gasteiger partial charge in [-0.25, -0.2) is 4.98 Å². The highest BCUT2D eigenvalue weighted by Gasteiger charge is 2.16. The highest BCUT2D eigenvalue weighted by molar-refractivity contribution is 7.17. The van der Waals surface area contributed by atoms with Gasteiger partial charge in [-0.1, -0.05) is 47.7 Å². The third-order valence-corrected chi connectivity index (χ3v) is 4.86. The number of anilines is 2. The first-order valence-electron chi connectivity index (χ1n) is 8.52. The number of carbonyl (C=O) groups excluding carboxylic acids is 2. The molecule has 0 saturated carbocycles. The van der Waals surface area contributed by atoms with E-state index in [0.29, 0.717) is 27.1 Å². The Balaban J connectivity index is 1.65. The van der Waals surface area contributed by atoms with Crippen molar-refractivity contribution in [1.82, 2.24) is 4.98 Å². The summed E-state index contributed by atoms with van der Waals surface area (Å²) in [6.07, 6.45) is 3.15. The fraction of sp³-hybridized carbons (Fsp3) is 0.0952. The quantitative estimate of drug-likeness (QED) is 0.610. The molecular weight excluding hydrogens is 374 g/mol. The van der Waals surface area contributed by atoms with Gasteiger partial charge in [-0.3, -0.25) is 14.9 Å². The lowest BCUT2D eigenvalue weighted by molar-refractivity contribution is -0.111. The first-order chi connectivity index (χ1) is 13.5. The van der Waals surface area contributed by atoms with Gasteiger partial charge in [0.25, 0.3) is 5.91 Å². The third kappa shape index (κ3) is 5.05. The maximum Gasteiger partial charge on any atom is 0.267 e.